The van der Waals surface area contributed by atoms with Crippen molar-refractivity contribution in [3.63, 3.8) is 0 Å². The molecule has 0 saturated carbocycles. The second kappa shape index (κ2) is 5.11. The summed E-state index contributed by atoms with van der Waals surface area (Å²) in [4.78, 5) is 26.7. The maximum Gasteiger partial charge on any atom is 0.290 e. The highest BCUT2D eigenvalue weighted by molar-refractivity contribution is 5.78. The van der Waals surface area contributed by atoms with Crippen molar-refractivity contribution in [1.29, 1.82) is 0 Å². The second-order valence-electron chi connectivity index (χ2n) is 5.41. The molecule has 0 radical (unpaired) electrons. The molecule has 0 aromatic heterocycles. The molecule has 108 valence electrons. The lowest BCUT2D eigenvalue weighted by Gasteiger charge is -2.32. The van der Waals surface area contributed by atoms with Crippen molar-refractivity contribution in [2.75, 3.05) is 33.1 Å². The molecule has 20 heavy (non-hydrogen) atoms. The molecule has 1 heterocycles. The molecular formula is C14H21N4O2+. The Morgan fingerprint density at radius 2 is 1.70 bits per heavy atom. The van der Waals surface area contributed by atoms with Crippen molar-refractivity contribution in [2.24, 2.45) is 5.92 Å². The number of hydrogen-bond donors (Lipinski definition) is 0. The van der Waals surface area contributed by atoms with E-state index in [1.54, 1.807) is 12.1 Å². The number of hydrogen-bond acceptors (Lipinski definition) is 3. The van der Waals surface area contributed by atoms with Crippen molar-refractivity contribution < 1.29 is 9.77 Å². The van der Waals surface area contributed by atoms with Gasteiger partial charge in [0.05, 0.1) is 24.9 Å². The number of carbonyl (C=O) groups is 1. The van der Waals surface area contributed by atoms with Crippen molar-refractivity contribution >= 4 is 11.6 Å². The van der Waals surface area contributed by atoms with Crippen LogP contribution < -0.4 is 4.90 Å². The van der Waals surface area contributed by atoms with E-state index in [9.17, 15) is 9.70 Å². The summed E-state index contributed by atoms with van der Waals surface area (Å²) < 4.78 is 0. The molecule has 2 rings (SSSR count). The van der Waals surface area contributed by atoms with Crippen LogP contribution in [-0.2, 0) is 4.79 Å². The van der Waals surface area contributed by atoms with E-state index in [2.05, 4.69) is 0 Å². The lowest BCUT2D eigenvalue weighted by atomic mass is 9.92. The average Bonchev–Trinajstić information content (AvgIpc) is 2.44. The van der Waals surface area contributed by atoms with Gasteiger partial charge in [0.15, 0.2) is 0 Å². The summed E-state index contributed by atoms with van der Waals surface area (Å²) in [5, 5.41) is 2.66. The summed E-state index contributed by atoms with van der Waals surface area (Å²) >= 11 is 0. The standard InChI is InChI=1S/C14H21N4O2/c1-10-13(16(4)18(20)17(5)14(10)19)11-6-8-12(9-7-11)15(2)3/h6-10,13H,1-5H3/q+1. The number of amides is 1. The predicted octanol–water partition coefficient (Wildman–Crippen LogP) is 1.44. The first kappa shape index (κ1) is 14.3. The summed E-state index contributed by atoms with van der Waals surface area (Å²) in [5.41, 5.74) is 2.05. The molecule has 2 atom stereocenters. The molecule has 1 aromatic rings. The molecule has 0 spiro atoms. The van der Waals surface area contributed by atoms with Gasteiger partial charge in [-0.3, -0.25) is 4.79 Å². The molecule has 1 aromatic carbocycles. The van der Waals surface area contributed by atoms with Crippen LogP contribution in [-0.4, -0.2) is 49.1 Å². The van der Waals surface area contributed by atoms with Gasteiger partial charge in [0.2, 0.25) is 0 Å². The third kappa shape index (κ3) is 2.21. The summed E-state index contributed by atoms with van der Waals surface area (Å²) in [6.07, 6.45) is 0. The minimum absolute atomic E-state index is 0.167. The largest absolute Gasteiger partial charge is 0.378 e. The molecule has 2 unspecified atom stereocenters. The smallest absolute Gasteiger partial charge is 0.290 e. The van der Waals surface area contributed by atoms with Gasteiger partial charge in [0, 0.05) is 19.8 Å². The third-order valence-corrected chi connectivity index (χ3v) is 3.86. The Hall–Kier alpha value is -2.11. The quantitative estimate of drug-likeness (QED) is 0.768. The fraction of sp³-hybridized carbons (Fsp3) is 0.500. The molecule has 1 aliphatic heterocycles. The van der Waals surface area contributed by atoms with Crippen LogP contribution in [0.4, 0.5) is 5.69 Å². The summed E-state index contributed by atoms with van der Waals surface area (Å²) in [6.45, 7) is 1.85. The normalized spacial score (nSPS) is 23.2. The fourth-order valence-electron chi connectivity index (χ4n) is 2.63. The lowest BCUT2D eigenvalue weighted by Crippen LogP contribution is -2.55. The summed E-state index contributed by atoms with van der Waals surface area (Å²) in [5.74, 6) is -0.430. The van der Waals surface area contributed by atoms with Crippen molar-refractivity contribution in [1.82, 2.24) is 10.0 Å². The van der Waals surface area contributed by atoms with Gasteiger partial charge in [-0.05, 0) is 22.7 Å². The number of hydrazine groups is 2. The first-order valence-electron chi connectivity index (χ1n) is 6.59. The van der Waals surface area contributed by atoms with E-state index in [-0.39, 0.29) is 17.9 Å². The fourth-order valence-corrected chi connectivity index (χ4v) is 2.63. The Morgan fingerprint density at radius 3 is 2.20 bits per heavy atom. The summed E-state index contributed by atoms with van der Waals surface area (Å²) in [7, 11) is 7.15. The SMILES string of the molecule is CC1C(=O)N(C)[N+](=O)N(C)C1c1ccc(N(C)C)cc1. The number of rotatable bonds is 2. The monoisotopic (exact) mass is 277 g/mol. The molecule has 6 heteroatoms. The molecule has 0 bridgehead atoms. The van der Waals surface area contributed by atoms with Crippen LogP contribution in [0.5, 0.6) is 0 Å². The topological polar surface area (TPSA) is 46.9 Å². The first-order chi connectivity index (χ1) is 9.34. The molecule has 1 fully saturated rings. The number of anilines is 1. The Bertz CT molecular complexity index is 504. The number of nitroso groups, excluding NO2 is 1. The van der Waals surface area contributed by atoms with E-state index in [1.807, 2.05) is 50.2 Å². The Balaban J connectivity index is 2.35. The molecule has 6 nitrogen and oxygen atoms in total. The molecule has 0 aliphatic carbocycles. The van der Waals surface area contributed by atoms with Crippen LogP contribution in [0.25, 0.3) is 0 Å². The van der Waals surface area contributed by atoms with Gasteiger partial charge in [-0.25, -0.2) is 0 Å². The van der Waals surface area contributed by atoms with Crippen molar-refractivity contribution in [3.8, 4) is 0 Å². The van der Waals surface area contributed by atoms with Gasteiger partial charge >= 0.3 is 0 Å². The number of carbonyl (C=O) groups excluding carboxylic acids is 1. The van der Waals surface area contributed by atoms with Gasteiger partial charge in [-0.2, -0.15) is 0 Å². The highest BCUT2D eigenvalue weighted by Crippen LogP contribution is 2.33. The van der Waals surface area contributed by atoms with Crippen LogP contribution >= 0.6 is 0 Å². The van der Waals surface area contributed by atoms with E-state index in [4.69, 9.17) is 0 Å². The molecule has 1 amide bonds. The number of nitrogens with zero attached hydrogens (tertiary/aromatic N) is 4. The van der Waals surface area contributed by atoms with Gasteiger partial charge in [0.1, 0.15) is 6.04 Å². The Kier molecular flexibility index (Phi) is 3.65. The van der Waals surface area contributed by atoms with Crippen LogP contribution in [0.3, 0.4) is 0 Å². The third-order valence-electron chi connectivity index (χ3n) is 3.86. The zero-order chi connectivity index (χ0) is 15.0. The van der Waals surface area contributed by atoms with Crippen LogP contribution in [0.1, 0.15) is 18.5 Å². The van der Waals surface area contributed by atoms with Gasteiger partial charge < -0.3 is 4.90 Å². The Labute approximate surface area is 119 Å². The minimum atomic E-state index is -0.264. The lowest BCUT2D eigenvalue weighted by molar-refractivity contribution is -0.823. The van der Waals surface area contributed by atoms with E-state index in [0.29, 0.717) is 4.98 Å². The number of benzene rings is 1. The molecule has 1 aliphatic rings. The van der Waals surface area contributed by atoms with Crippen LogP contribution in [0.15, 0.2) is 24.3 Å². The second-order valence-corrected chi connectivity index (χ2v) is 5.41. The zero-order valence-electron chi connectivity index (χ0n) is 12.6. The van der Waals surface area contributed by atoms with Crippen molar-refractivity contribution in [3.05, 3.63) is 34.7 Å². The highest BCUT2D eigenvalue weighted by Gasteiger charge is 2.47. The van der Waals surface area contributed by atoms with Crippen LogP contribution in [0.2, 0.25) is 0 Å². The first-order valence-corrected chi connectivity index (χ1v) is 6.59. The molecule has 1 saturated heterocycles. The average molecular weight is 277 g/mol. The van der Waals surface area contributed by atoms with Gasteiger partial charge in [-0.1, -0.05) is 19.1 Å². The van der Waals surface area contributed by atoms with Gasteiger partial charge in [-0.15, -0.1) is 5.01 Å². The predicted molar refractivity (Wildman–Crippen MR) is 76.8 cm³/mol. The van der Waals surface area contributed by atoms with E-state index in [1.165, 1.54) is 7.05 Å². The molecular weight excluding hydrogens is 256 g/mol. The van der Waals surface area contributed by atoms with Crippen LogP contribution in [0, 0.1) is 10.8 Å². The highest BCUT2D eigenvalue weighted by atomic mass is 16.4. The minimum Gasteiger partial charge on any atom is -0.378 e. The van der Waals surface area contributed by atoms with Gasteiger partial charge in [0.25, 0.3) is 10.9 Å². The molecule has 0 N–H and O–H groups in total. The summed E-state index contributed by atoms with van der Waals surface area (Å²) in [6, 6.07) is 7.69. The zero-order valence-corrected chi connectivity index (χ0v) is 12.6. The van der Waals surface area contributed by atoms with E-state index in [0.717, 1.165) is 16.3 Å². The Morgan fingerprint density at radius 1 is 1.15 bits per heavy atom. The maximum atomic E-state index is 12.1. The van der Waals surface area contributed by atoms with Crippen molar-refractivity contribution in [2.45, 2.75) is 13.0 Å². The van der Waals surface area contributed by atoms with E-state index >= 15 is 0 Å². The van der Waals surface area contributed by atoms with E-state index < -0.39 is 0 Å². The maximum absolute atomic E-state index is 12.1.